The fourth-order valence-electron chi connectivity index (χ4n) is 3.34. The van der Waals surface area contributed by atoms with Crippen molar-refractivity contribution in [3.63, 3.8) is 0 Å². The molecule has 9 heteroatoms. The number of halogens is 1. The van der Waals surface area contributed by atoms with E-state index in [1.165, 1.54) is 6.92 Å². The highest BCUT2D eigenvalue weighted by Crippen LogP contribution is 2.36. The van der Waals surface area contributed by atoms with E-state index in [1.54, 1.807) is 6.07 Å². The zero-order chi connectivity index (χ0) is 44.1. The molecule has 2 heterocycles. The van der Waals surface area contributed by atoms with Gasteiger partial charge in [-0.05, 0) is 70.2 Å². The first-order valence-corrected chi connectivity index (χ1v) is 12.1. The van der Waals surface area contributed by atoms with Crippen LogP contribution in [-0.2, 0) is 17.8 Å². The first-order valence-electron chi connectivity index (χ1n) is 20.2. The number of rotatable bonds is 12. The molecule has 0 saturated carbocycles. The van der Waals surface area contributed by atoms with Crippen LogP contribution in [0.5, 0.6) is 11.5 Å². The molecule has 0 radical (unpaired) electrons. The second-order valence-electron chi connectivity index (χ2n) is 8.10. The Kier molecular flexibility index (Phi) is 4.84. The van der Waals surface area contributed by atoms with Crippen LogP contribution >= 0.6 is 11.6 Å². The Hall–Kier alpha value is -4.45. The van der Waals surface area contributed by atoms with E-state index >= 15 is 0 Å². The lowest BCUT2D eigenvalue weighted by molar-refractivity contribution is -0.114. The molecule has 0 unspecified atom stereocenters. The molecule has 0 aliphatic rings. The Bertz CT molecular complexity index is 2400. The van der Waals surface area contributed by atoms with Crippen molar-refractivity contribution < 1.29 is 37.6 Å². The van der Waals surface area contributed by atoms with Crippen molar-refractivity contribution in [1.29, 1.82) is 5.26 Å². The highest BCUT2D eigenvalue weighted by molar-refractivity contribution is 6.32. The maximum absolute atomic E-state index is 13.4. The smallest absolute Gasteiger partial charge is 0.159 e. The Labute approximate surface area is 269 Å². The van der Waals surface area contributed by atoms with Gasteiger partial charge in [-0.25, -0.2) is 0 Å². The molecule has 0 aliphatic carbocycles. The van der Waals surface area contributed by atoms with E-state index in [0.29, 0.717) is 6.08 Å². The van der Waals surface area contributed by atoms with Gasteiger partial charge in [-0.1, -0.05) is 23.7 Å². The van der Waals surface area contributed by atoms with E-state index in [-0.39, 0.29) is 22.3 Å². The van der Waals surface area contributed by atoms with Crippen LogP contribution in [0.4, 0.5) is 11.4 Å². The minimum absolute atomic E-state index is 0.0989. The summed E-state index contributed by atoms with van der Waals surface area (Å²) < 4.78 is 150. The van der Waals surface area contributed by atoms with Crippen molar-refractivity contribution in [2.75, 3.05) is 32.4 Å². The largest absolute Gasteiger partial charge is 0.494 e. The van der Waals surface area contributed by atoms with Gasteiger partial charge in [0.05, 0.1) is 50.5 Å². The number of carbonyl (C=O) groups excluding carboxylic acids is 1. The monoisotopic (exact) mass is 586 g/mol. The van der Waals surface area contributed by atoms with E-state index in [9.17, 15) is 10.1 Å². The second kappa shape index (κ2) is 13.8. The van der Waals surface area contributed by atoms with Crippen LogP contribution in [0.1, 0.15) is 52.7 Å². The molecule has 4 rings (SSSR count). The number of fused-ring (bicyclic) bond motifs is 1. The number of nitrogens with zero attached hydrogens (tertiary/aromatic N) is 4. The molecule has 0 amide bonds. The minimum atomic E-state index is -3.01. The summed E-state index contributed by atoms with van der Waals surface area (Å²) in [7, 11) is 0.865. The molecular weight excluding hydrogens is 538 g/mol. The molecule has 2 aromatic heterocycles. The lowest BCUT2D eigenvalue weighted by Crippen LogP contribution is -2.11. The maximum atomic E-state index is 13.4. The summed E-state index contributed by atoms with van der Waals surface area (Å²) in [5.41, 5.74) is -2.76. The molecule has 2 aromatic carbocycles. The molecule has 1 N–H and O–H groups in total. The number of hydrogen-bond acceptors (Lipinski definition) is 8. The number of nitriles is 1. The van der Waals surface area contributed by atoms with Crippen molar-refractivity contribution in [2.24, 2.45) is 0 Å². The summed E-state index contributed by atoms with van der Waals surface area (Å²) >= 11 is 6.46. The molecule has 8 nitrogen and oxygen atoms in total. The van der Waals surface area contributed by atoms with Crippen LogP contribution in [-0.4, -0.2) is 47.7 Å². The maximum Gasteiger partial charge on any atom is 0.159 e. The molecule has 210 valence electrons. The van der Waals surface area contributed by atoms with Gasteiger partial charge in [-0.2, -0.15) is 5.26 Å². The fourth-order valence-corrected chi connectivity index (χ4v) is 3.54. The number of aromatic nitrogens is 2. The molecule has 0 aliphatic heterocycles. The van der Waals surface area contributed by atoms with Crippen molar-refractivity contribution in [3.8, 4) is 17.6 Å². The zero-order valence-corrected chi connectivity index (χ0v) is 22.6. The molecule has 0 bridgehead atoms. The van der Waals surface area contributed by atoms with E-state index in [0.717, 1.165) is 14.0 Å². The highest BCUT2D eigenvalue weighted by Gasteiger charge is 2.16. The Balaban J connectivity index is 1.93. The number of hydrogen-bond donors (Lipinski definition) is 1. The number of nitrogens with one attached hydrogen (secondary N) is 1. The molecule has 0 fully saturated rings. The van der Waals surface area contributed by atoms with E-state index in [1.807, 2.05) is 0 Å². The average molecular weight is 587 g/mol. The third kappa shape index (κ3) is 7.82. The van der Waals surface area contributed by atoms with Gasteiger partial charge in [0.25, 0.3) is 0 Å². The quantitative estimate of drug-likeness (QED) is 0.190. The zero-order valence-electron chi connectivity index (χ0n) is 38.9. The third-order valence-corrected chi connectivity index (χ3v) is 5.29. The van der Waals surface area contributed by atoms with Gasteiger partial charge < -0.3 is 19.7 Å². The van der Waals surface area contributed by atoms with Gasteiger partial charge in [-0.3, -0.25) is 14.8 Å². The number of ketones is 1. The normalized spacial score (nSPS) is 18.3. The third-order valence-electron chi connectivity index (χ3n) is 5.02. The standard InChI is InChI=1S/C32H32ClN5O3/c1-5-40-31-17-29-27(15-22(31)14-26(39)10-7-13-38(3)4)32(23(18-34)19-35-29)37-24-11-12-30(28(33)16-24)41-20-25-9-6-8-21(2)36-25/h6-12,15-17,19H,5,13-14,20H2,1-4H3,(H,35,37)/b10-7+/i3D3,5D2,6D,7D,8D,9D,11D,12D,13D2,15D,16D,17D,19D. The summed E-state index contributed by atoms with van der Waals surface area (Å²) in [6.07, 6.45) is -1.32. The summed E-state index contributed by atoms with van der Waals surface area (Å²) in [5, 5.41) is 11.7. The lowest BCUT2D eigenvalue weighted by atomic mass is 10.0. The van der Waals surface area contributed by atoms with E-state index < -0.39 is 143 Å². The van der Waals surface area contributed by atoms with Crippen molar-refractivity contribution in [1.82, 2.24) is 14.9 Å². The van der Waals surface area contributed by atoms with E-state index in [2.05, 4.69) is 15.3 Å². The summed E-state index contributed by atoms with van der Waals surface area (Å²) in [4.78, 5) is 21.6. The number of aryl methyl sites for hydroxylation is 1. The van der Waals surface area contributed by atoms with Gasteiger partial charge in [0, 0.05) is 54.3 Å². The van der Waals surface area contributed by atoms with Crippen LogP contribution in [0.25, 0.3) is 10.9 Å². The van der Waals surface area contributed by atoms with Crippen LogP contribution in [0.2, 0.25) is 5.02 Å². The van der Waals surface area contributed by atoms with Gasteiger partial charge >= 0.3 is 0 Å². The number of allylic oxidation sites excluding steroid dienone is 1. The Morgan fingerprint density at radius 1 is 1.29 bits per heavy atom. The minimum Gasteiger partial charge on any atom is -0.494 e. The number of likely N-dealkylation sites (N-methyl/N-ethyl adjacent to an activating group) is 1. The highest BCUT2D eigenvalue weighted by atomic mass is 35.5. The number of ether oxygens (including phenoxy) is 2. The van der Waals surface area contributed by atoms with E-state index in [4.69, 9.17) is 44.4 Å². The first-order chi connectivity index (χ1) is 26.6. The van der Waals surface area contributed by atoms with Crippen molar-refractivity contribution >= 4 is 39.7 Å². The van der Waals surface area contributed by atoms with Crippen LogP contribution in [0.3, 0.4) is 0 Å². The number of pyridine rings is 2. The second-order valence-corrected chi connectivity index (χ2v) is 8.48. The summed E-state index contributed by atoms with van der Waals surface area (Å²) in [6, 6.07) is -4.26. The Morgan fingerprint density at radius 2 is 2.15 bits per heavy atom. The lowest BCUT2D eigenvalue weighted by Gasteiger charge is -2.16. The predicted octanol–water partition coefficient (Wildman–Crippen LogP) is 6.41. The summed E-state index contributed by atoms with van der Waals surface area (Å²) in [5.74, 6) is -2.35. The van der Waals surface area contributed by atoms with Gasteiger partial charge in [0.15, 0.2) is 5.78 Å². The van der Waals surface area contributed by atoms with Crippen LogP contribution < -0.4 is 14.8 Å². The number of benzene rings is 2. The molecule has 0 spiro atoms. The predicted molar refractivity (Wildman–Crippen MR) is 162 cm³/mol. The van der Waals surface area contributed by atoms with Gasteiger partial charge in [-0.15, -0.1) is 0 Å². The topological polar surface area (TPSA) is 100 Å². The molecule has 0 atom stereocenters. The fraction of sp³-hybridized carbons (Fsp3) is 0.250. The number of anilines is 2. The van der Waals surface area contributed by atoms with Gasteiger partial charge in [0.1, 0.15) is 24.2 Å². The average Bonchev–Trinajstić information content (AvgIpc) is 3.12. The van der Waals surface area contributed by atoms with Crippen LogP contribution in [0.15, 0.2) is 66.6 Å². The molecule has 4 aromatic rings. The summed E-state index contributed by atoms with van der Waals surface area (Å²) in [6.45, 7) is -6.74. The molecule has 41 heavy (non-hydrogen) atoms. The number of carbonyl (C=O) groups is 1. The van der Waals surface area contributed by atoms with Crippen molar-refractivity contribution in [2.45, 2.75) is 26.9 Å². The SMILES string of the molecule is [2H]/C(=C\C(=O)Cc1c(OC([2H])([2H])C)c([2H])c2nc([2H])c(C#N)c(Nc3c([2H])c([2H])c(OCc4nc(C)c([2H])c([2H])c4[2H])c(Cl)c3[2H])c2c1[2H])C([2H])([2H])N(C)C([2H])([2H])[2H]. The first kappa shape index (κ1) is 14.4. The molecular formula is C32H32ClN5O3. The van der Waals surface area contributed by atoms with Crippen LogP contribution in [0, 0.1) is 18.3 Å². The Morgan fingerprint density at radius 3 is 2.93 bits per heavy atom. The van der Waals surface area contributed by atoms with Crippen molar-refractivity contribution in [3.05, 3.63) is 94.2 Å². The molecule has 0 saturated heterocycles. The van der Waals surface area contributed by atoms with Gasteiger partial charge in [0.2, 0.25) is 0 Å².